The maximum absolute atomic E-state index is 13.1. The number of benzene rings is 1. The number of aromatic nitrogens is 2. The maximum Gasteiger partial charge on any atom is 0.247 e. The average Bonchev–Trinajstić information content (AvgIpc) is 2.90. The first-order chi connectivity index (χ1) is 9.70. The largest absolute Gasteiger partial charge is 0.421 e. The summed E-state index contributed by atoms with van der Waals surface area (Å²) in [6, 6.07) is 4.34. The summed E-state index contributed by atoms with van der Waals surface area (Å²) in [6.45, 7) is 4.07. The van der Waals surface area contributed by atoms with Crippen LogP contribution in [0.25, 0.3) is 11.5 Å². The Hall–Kier alpha value is -1.46. The summed E-state index contributed by atoms with van der Waals surface area (Å²) in [6.07, 6.45) is 2.78. The van der Waals surface area contributed by atoms with Crippen molar-refractivity contribution in [1.29, 1.82) is 0 Å². The zero-order valence-electron chi connectivity index (χ0n) is 11.3. The summed E-state index contributed by atoms with van der Waals surface area (Å²) < 4.78 is 18.6. The molecule has 0 amide bonds. The van der Waals surface area contributed by atoms with Gasteiger partial charge in [0.1, 0.15) is 5.82 Å². The van der Waals surface area contributed by atoms with Crippen molar-refractivity contribution in [1.82, 2.24) is 15.5 Å². The molecule has 0 aliphatic carbocycles. The van der Waals surface area contributed by atoms with Gasteiger partial charge in [0.25, 0.3) is 0 Å². The molecule has 0 bridgehead atoms. The fourth-order valence-electron chi connectivity index (χ4n) is 1.77. The van der Waals surface area contributed by atoms with Gasteiger partial charge in [-0.1, -0.05) is 18.5 Å². The van der Waals surface area contributed by atoms with Crippen LogP contribution in [0.3, 0.4) is 0 Å². The molecule has 0 aliphatic rings. The second-order valence-corrected chi connectivity index (χ2v) is 4.89. The third kappa shape index (κ3) is 4.02. The van der Waals surface area contributed by atoms with Gasteiger partial charge in [-0.15, -0.1) is 10.2 Å². The van der Waals surface area contributed by atoms with Gasteiger partial charge in [0.2, 0.25) is 11.8 Å². The van der Waals surface area contributed by atoms with Gasteiger partial charge in [-0.05, 0) is 44.1 Å². The zero-order valence-corrected chi connectivity index (χ0v) is 12.1. The molecule has 0 atom stereocenters. The number of halogens is 2. The monoisotopic (exact) mass is 297 g/mol. The molecule has 20 heavy (non-hydrogen) atoms. The van der Waals surface area contributed by atoms with Crippen molar-refractivity contribution in [2.45, 2.75) is 26.2 Å². The topological polar surface area (TPSA) is 51.0 Å². The highest BCUT2D eigenvalue weighted by atomic mass is 35.5. The van der Waals surface area contributed by atoms with E-state index in [1.165, 1.54) is 12.1 Å². The van der Waals surface area contributed by atoms with Crippen LogP contribution >= 0.6 is 11.6 Å². The highest BCUT2D eigenvalue weighted by molar-refractivity contribution is 6.31. The molecule has 1 heterocycles. The minimum atomic E-state index is -0.461. The van der Waals surface area contributed by atoms with Crippen LogP contribution < -0.4 is 5.32 Å². The lowest BCUT2D eigenvalue weighted by atomic mass is 10.2. The van der Waals surface area contributed by atoms with Crippen LogP contribution in [0.15, 0.2) is 22.6 Å². The predicted molar refractivity (Wildman–Crippen MR) is 76.2 cm³/mol. The van der Waals surface area contributed by atoms with Gasteiger partial charge < -0.3 is 9.73 Å². The third-order valence-electron chi connectivity index (χ3n) is 2.80. The Labute approximate surface area is 122 Å². The van der Waals surface area contributed by atoms with Crippen molar-refractivity contribution in [2.24, 2.45) is 0 Å². The minimum absolute atomic E-state index is 0.0472. The fraction of sp³-hybridized carbons (Fsp3) is 0.429. The van der Waals surface area contributed by atoms with E-state index in [0.29, 0.717) is 17.3 Å². The normalized spacial score (nSPS) is 10.9. The van der Waals surface area contributed by atoms with E-state index in [-0.39, 0.29) is 5.02 Å². The number of hydrogen-bond donors (Lipinski definition) is 1. The fourth-order valence-corrected chi connectivity index (χ4v) is 1.95. The molecule has 0 saturated heterocycles. The Balaban J connectivity index is 1.93. The van der Waals surface area contributed by atoms with Gasteiger partial charge in [0.15, 0.2) is 0 Å². The van der Waals surface area contributed by atoms with Crippen molar-refractivity contribution < 1.29 is 8.81 Å². The summed E-state index contributed by atoms with van der Waals surface area (Å²) in [5.74, 6) is 0.485. The molecule has 0 unspecified atom stereocenters. The quantitative estimate of drug-likeness (QED) is 0.795. The highest BCUT2D eigenvalue weighted by Crippen LogP contribution is 2.24. The Kier molecular flexibility index (Phi) is 5.49. The molecule has 2 rings (SSSR count). The number of hydrogen-bond acceptors (Lipinski definition) is 4. The van der Waals surface area contributed by atoms with E-state index in [2.05, 4.69) is 22.4 Å². The van der Waals surface area contributed by atoms with Crippen LogP contribution in [0.4, 0.5) is 4.39 Å². The van der Waals surface area contributed by atoms with Crippen molar-refractivity contribution in [3.63, 3.8) is 0 Å². The molecule has 0 spiro atoms. The summed E-state index contributed by atoms with van der Waals surface area (Å²) in [5.41, 5.74) is 0.624. The molecule has 1 aromatic carbocycles. The smallest absolute Gasteiger partial charge is 0.247 e. The molecule has 1 N–H and O–H groups in total. The second kappa shape index (κ2) is 7.36. The highest BCUT2D eigenvalue weighted by Gasteiger charge is 2.10. The van der Waals surface area contributed by atoms with Crippen LogP contribution in [-0.4, -0.2) is 23.3 Å². The van der Waals surface area contributed by atoms with E-state index in [0.717, 1.165) is 32.4 Å². The van der Waals surface area contributed by atoms with E-state index in [1.807, 2.05) is 0 Å². The summed E-state index contributed by atoms with van der Waals surface area (Å²) in [7, 11) is 0. The van der Waals surface area contributed by atoms with E-state index in [4.69, 9.17) is 16.0 Å². The maximum atomic E-state index is 13.1. The number of nitrogens with one attached hydrogen (secondary N) is 1. The molecule has 0 aliphatic heterocycles. The molecule has 0 radical (unpaired) electrons. The average molecular weight is 298 g/mol. The van der Waals surface area contributed by atoms with Crippen molar-refractivity contribution in [3.8, 4) is 11.5 Å². The second-order valence-electron chi connectivity index (χ2n) is 4.48. The Morgan fingerprint density at radius 3 is 2.90 bits per heavy atom. The van der Waals surface area contributed by atoms with E-state index >= 15 is 0 Å². The standard InChI is InChI=1S/C14H17ClFN3O/c1-2-7-17-8-3-4-13-18-19-14(20-13)10-5-6-12(16)11(15)9-10/h5-6,9,17H,2-4,7-8H2,1H3. The lowest BCUT2D eigenvalue weighted by molar-refractivity contribution is 0.491. The lowest BCUT2D eigenvalue weighted by Gasteiger charge is -2.00. The molecule has 1 aromatic heterocycles. The number of nitrogens with zero attached hydrogens (tertiary/aromatic N) is 2. The first-order valence-corrected chi connectivity index (χ1v) is 7.07. The van der Waals surface area contributed by atoms with E-state index in [1.54, 1.807) is 6.07 Å². The zero-order chi connectivity index (χ0) is 14.4. The number of rotatable bonds is 7. The lowest BCUT2D eigenvalue weighted by Crippen LogP contribution is -2.16. The van der Waals surface area contributed by atoms with Gasteiger partial charge in [-0.2, -0.15) is 0 Å². The predicted octanol–water partition coefficient (Wildman–Crippen LogP) is 3.46. The molecule has 108 valence electrons. The molecule has 4 nitrogen and oxygen atoms in total. The van der Waals surface area contributed by atoms with Crippen LogP contribution in [0, 0.1) is 5.82 Å². The Morgan fingerprint density at radius 2 is 2.15 bits per heavy atom. The van der Waals surface area contributed by atoms with Gasteiger partial charge in [-0.3, -0.25) is 0 Å². The first-order valence-electron chi connectivity index (χ1n) is 6.69. The van der Waals surface area contributed by atoms with Gasteiger partial charge in [0, 0.05) is 12.0 Å². The molecule has 0 fully saturated rings. The molecular formula is C14H17ClFN3O. The first kappa shape index (κ1) is 14.9. The third-order valence-corrected chi connectivity index (χ3v) is 3.09. The summed E-state index contributed by atoms with van der Waals surface area (Å²) in [5, 5.41) is 11.3. The molecular weight excluding hydrogens is 281 g/mol. The molecule has 0 saturated carbocycles. The Bertz CT molecular complexity index is 559. The Morgan fingerprint density at radius 1 is 1.30 bits per heavy atom. The van der Waals surface area contributed by atoms with E-state index < -0.39 is 5.82 Å². The van der Waals surface area contributed by atoms with E-state index in [9.17, 15) is 4.39 Å². The summed E-state index contributed by atoms with van der Waals surface area (Å²) in [4.78, 5) is 0. The van der Waals surface area contributed by atoms with Gasteiger partial charge in [-0.25, -0.2) is 4.39 Å². The summed E-state index contributed by atoms with van der Waals surface area (Å²) >= 11 is 5.73. The van der Waals surface area contributed by atoms with Crippen molar-refractivity contribution in [2.75, 3.05) is 13.1 Å². The van der Waals surface area contributed by atoms with Gasteiger partial charge >= 0.3 is 0 Å². The van der Waals surface area contributed by atoms with Crippen LogP contribution in [0.2, 0.25) is 5.02 Å². The van der Waals surface area contributed by atoms with Crippen LogP contribution in [0.5, 0.6) is 0 Å². The van der Waals surface area contributed by atoms with Crippen molar-refractivity contribution in [3.05, 3.63) is 34.9 Å². The van der Waals surface area contributed by atoms with Crippen molar-refractivity contribution >= 4 is 11.6 Å². The minimum Gasteiger partial charge on any atom is -0.421 e. The number of aryl methyl sites for hydroxylation is 1. The molecule has 2 aromatic rings. The van der Waals surface area contributed by atoms with Crippen LogP contribution in [-0.2, 0) is 6.42 Å². The van der Waals surface area contributed by atoms with Gasteiger partial charge in [0.05, 0.1) is 5.02 Å². The van der Waals surface area contributed by atoms with Crippen LogP contribution in [0.1, 0.15) is 25.7 Å². The SMILES string of the molecule is CCCNCCCc1nnc(-c2ccc(F)c(Cl)c2)o1. The molecule has 6 heteroatoms.